The molecule has 0 amide bonds. The Balaban J connectivity index is 4.42. The van der Waals surface area contributed by atoms with Crippen LogP contribution < -0.4 is 0 Å². The molecule has 0 aliphatic rings. The minimum absolute atomic E-state index is 0.0933. The summed E-state index contributed by atoms with van der Waals surface area (Å²) in [7, 11) is 0. The van der Waals surface area contributed by atoms with E-state index in [1.165, 1.54) is 173 Å². The highest BCUT2D eigenvalue weighted by Gasteiger charge is 2.19. The lowest BCUT2D eigenvalue weighted by Crippen LogP contribution is -2.30. The highest BCUT2D eigenvalue weighted by molar-refractivity contribution is 5.71. The first-order valence-corrected chi connectivity index (χ1v) is 32.7. The van der Waals surface area contributed by atoms with E-state index in [1.54, 1.807) is 0 Å². The number of hydrogen-bond donors (Lipinski definition) is 0. The van der Waals surface area contributed by atoms with Crippen LogP contribution in [0.15, 0.2) is 97.2 Å². The van der Waals surface area contributed by atoms with Gasteiger partial charge in [-0.15, -0.1) is 0 Å². The van der Waals surface area contributed by atoms with Crippen molar-refractivity contribution in [3.8, 4) is 0 Å². The summed E-state index contributed by atoms with van der Waals surface area (Å²) in [6.45, 7) is 6.51. The molecule has 0 aromatic carbocycles. The second kappa shape index (κ2) is 64.9. The summed E-state index contributed by atoms with van der Waals surface area (Å²) in [6, 6.07) is 0. The van der Waals surface area contributed by atoms with Crippen molar-refractivity contribution in [3.63, 3.8) is 0 Å². The van der Waals surface area contributed by atoms with Crippen molar-refractivity contribution < 1.29 is 28.6 Å². The van der Waals surface area contributed by atoms with Crippen LogP contribution in [0.4, 0.5) is 0 Å². The molecular weight excluding hydrogens is 949 g/mol. The van der Waals surface area contributed by atoms with Crippen LogP contribution in [0.5, 0.6) is 0 Å². The van der Waals surface area contributed by atoms with Gasteiger partial charge in [0.15, 0.2) is 6.10 Å². The number of carbonyl (C=O) groups is 3. The van der Waals surface area contributed by atoms with E-state index in [4.69, 9.17) is 14.2 Å². The van der Waals surface area contributed by atoms with Crippen molar-refractivity contribution >= 4 is 17.9 Å². The third-order valence-corrected chi connectivity index (χ3v) is 14.1. The van der Waals surface area contributed by atoms with Crippen LogP contribution in [0.3, 0.4) is 0 Å². The first kappa shape index (κ1) is 73.3. The fraction of sp³-hybridized carbons (Fsp3) is 0.732. The van der Waals surface area contributed by atoms with Crippen LogP contribution in [-0.2, 0) is 28.6 Å². The summed E-state index contributed by atoms with van der Waals surface area (Å²) in [5.74, 6) is -0.927. The summed E-state index contributed by atoms with van der Waals surface area (Å²) in [4.78, 5) is 38.3. The van der Waals surface area contributed by atoms with Crippen molar-refractivity contribution in [2.45, 2.75) is 322 Å². The zero-order valence-electron chi connectivity index (χ0n) is 50.7. The third-order valence-electron chi connectivity index (χ3n) is 14.1. The molecule has 1 atom stereocenters. The van der Waals surface area contributed by atoms with Crippen molar-refractivity contribution in [2.24, 2.45) is 0 Å². The maximum atomic E-state index is 12.9. The molecule has 442 valence electrons. The Morgan fingerprint density at radius 3 is 0.818 bits per heavy atom. The van der Waals surface area contributed by atoms with Crippen molar-refractivity contribution in [3.05, 3.63) is 97.2 Å². The fourth-order valence-electron chi connectivity index (χ4n) is 9.18. The molecule has 0 aromatic rings. The first-order chi connectivity index (χ1) is 38.0. The van der Waals surface area contributed by atoms with Crippen molar-refractivity contribution in [2.75, 3.05) is 13.2 Å². The molecule has 0 heterocycles. The molecule has 0 radical (unpaired) electrons. The predicted octanol–water partition coefficient (Wildman–Crippen LogP) is 22.4. The van der Waals surface area contributed by atoms with E-state index in [2.05, 4.69) is 118 Å². The summed E-state index contributed by atoms with van der Waals surface area (Å²) in [6.07, 6.45) is 87.0. The van der Waals surface area contributed by atoms with Gasteiger partial charge in [0.2, 0.25) is 0 Å². The Bertz CT molecular complexity index is 1510. The van der Waals surface area contributed by atoms with E-state index in [1.807, 2.05) is 0 Å². The van der Waals surface area contributed by atoms with Gasteiger partial charge < -0.3 is 14.2 Å². The molecule has 0 N–H and O–H groups in total. The monoisotopic (exact) mass is 1070 g/mol. The Morgan fingerprint density at radius 2 is 0.506 bits per heavy atom. The number of allylic oxidation sites excluding steroid dienone is 16. The molecule has 1 unspecified atom stereocenters. The number of carbonyl (C=O) groups excluding carboxylic acids is 3. The molecule has 6 nitrogen and oxygen atoms in total. The Labute approximate surface area is 477 Å². The van der Waals surface area contributed by atoms with Gasteiger partial charge in [0.05, 0.1) is 0 Å². The Kier molecular flexibility index (Phi) is 61.8. The second-order valence-corrected chi connectivity index (χ2v) is 21.6. The molecule has 0 saturated carbocycles. The average molecular weight is 1070 g/mol. The van der Waals surface area contributed by atoms with E-state index in [-0.39, 0.29) is 37.5 Å². The van der Waals surface area contributed by atoms with Crippen LogP contribution in [0.25, 0.3) is 0 Å². The Hall–Kier alpha value is -3.67. The van der Waals surface area contributed by atoms with Gasteiger partial charge in [0.25, 0.3) is 0 Å². The van der Waals surface area contributed by atoms with Crippen LogP contribution in [0, 0.1) is 0 Å². The number of rotatable bonds is 59. The van der Waals surface area contributed by atoms with Crippen LogP contribution in [0.1, 0.15) is 316 Å². The minimum Gasteiger partial charge on any atom is -0.462 e. The lowest BCUT2D eigenvalue weighted by Gasteiger charge is -2.18. The van der Waals surface area contributed by atoms with E-state index in [9.17, 15) is 14.4 Å². The van der Waals surface area contributed by atoms with Gasteiger partial charge in [0, 0.05) is 19.3 Å². The summed E-state index contributed by atoms with van der Waals surface area (Å²) in [5.41, 5.74) is 0. The molecule has 0 aliphatic heterocycles. The molecule has 0 aromatic heterocycles. The molecular formula is C71H122O6. The van der Waals surface area contributed by atoms with Crippen LogP contribution >= 0.6 is 0 Å². The molecule has 0 rings (SSSR count). The largest absolute Gasteiger partial charge is 0.462 e. The molecule has 0 spiro atoms. The summed E-state index contributed by atoms with van der Waals surface area (Å²) in [5, 5.41) is 0. The molecule has 0 aliphatic carbocycles. The lowest BCUT2D eigenvalue weighted by atomic mass is 10.0. The van der Waals surface area contributed by atoms with E-state index in [0.717, 1.165) is 96.3 Å². The molecule has 0 saturated heterocycles. The quantitative estimate of drug-likeness (QED) is 0.0261. The van der Waals surface area contributed by atoms with Gasteiger partial charge in [-0.1, -0.05) is 291 Å². The summed E-state index contributed by atoms with van der Waals surface area (Å²) < 4.78 is 16.9. The maximum absolute atomic E-state index is 12.9. The lowest BCUT2D eigenvalue weighted by molar-refractivity contribution is -0.167. The van der Waals surface area contributed by atoms with Crippen molar-refractivity contribution in [1.82, 2.24) is 0 Å². The normalized spacial score (nSPS) is 12.7. The third kappa shape index (κ3) is 63.0. The molecule has 0 fully saturated rings. The molecule has 77 heavy (non-hydrogen) atoms. The van der Waals surface area contributed by atoms with Crippen LogP contribution in [-0.4, -0.2) is 37.2 Å². The van der Waals surface area contributed by atoms with Gasteiger partial charge in [-0.25, -0.2) is 0 Å². The van der Waals surface area contributed by atoms with E-state index >= 15 is 0 Å². The molecule has 6 heteroatoms. The van der Waals surface area contributed by atoms with E-state index in [0.29, 0.717) is 19.3 Å². The van der Waals surface area contributed by atoms with Gasteiger partial charge in [0.1, 0.15) is 13.2 Å². The van der Waals surface area contributed by atoms with Gasteiger partial charge >= 0.3 is 17.9 Å². The van der Waals surface area contributed by atoms with Gasteiger partial charge in [-0.3, -0.25) is 14.4 Å². The van der Waals surface area contributed by atoms with E-state index < -0.39 is 6.10 Å². The van der Waals surface area contributed by atoms with Crippen molar-refractivity contribution in [1.29, 1.82) is 0 Å². The zero-order chi connectivity index (χ0) is 55.7. The number of esters is 3. The standard InChI is InChI=1S/C71H122O6/c1-4-7-10-13-16-19-22-25-28-30-32-34-35-37-38-40-43-46-49-52-55-58-61-64-70(73)76-67-68(66-75-69(72)63-60-57-54-51-48-45-42-27-24-21-18-15-12-9-6-3)77-71(74)65-62-59-56-53-50-47-44-41-39-36-33-31-29-26-23-20-17-14-11-8-5-2/h8,11,17,20,22,25-26,29-30,32-33,36,41,44,50,53,68H,4-7,9-10,12-16,18-19,21,23-24,27-28,31,34-35,37-40,42-43,45-49,51-52,54-67H2,1-3H3/b11-8-,20-17-,25-22-,29-26-,32-30-,36-33-,44-41-,53-50-. The average Bonchev–Trinajstić information content (AvgIpc) is 3.43. The van der Waals surface area contributed by atoms with Gasteiger partial charge in [-0.05, 0) is 103 Å². The Morgan fingerprint density at radius 1 is 0.273 bits per heavy atom. The highest BCUT2D eigenvalue weighted by atomic mass is 16.6. The smallest absolute Gasteiger partial charge is 0.306 e. The van der Waals surface area contributed by atoms with Gasteiger partial charge in [-0.2, -0.15) is 0 Å². The maximum Gasteiger partial charge on any atom is 0.306 e. The second-order valence-electron chi connectivity index (χ2n) is 21.6. The number of unbranched alkanes of at least 4 members (excludes halogenated alkanes) is 32. The van der Waals surface area contributed by atoms with Crippen LogP contribution in [0.2, 0.25) is 0 Å². The summed E-state index contributed by atoms with van der Waals surface area (Å²) >= 11 is 0. The zero-order valence-corrected chi connectivity index (χ0v) is 50.7. The number of hydrogen-bond acceptors (Lipinski definition) is 6. The highest BCUT2D eigenvalue weighted by Crippen LogP contribution is 2.16. The minimum atomic E-state index is -0.802. The molecule has 0 bridgehead atoms. The topological polar surface area (TPSA) is 78.9 Å². The predicted molar refractivity (Wildman–Crippen MR) is 334 cm³/mol. The number of ether oxygens (including phenoxy) is 3. The fourth-order valence-corrected chi connectivity index (χ4v) is 9.18. The SMILES string of the molecule is CC/C=C\C/C=C\C/C=C\C/C=C\C/C=C\C/C=C\CCCCC(=O)OC(COC(=O)CCCCCCCCCCCCC/C=C\C/C=C\CCCCCCC)COC(=O)CCCCCCCCCCCCCCCCC. The first-order valence-electron chi connectivity index (χ1n) is 32.7.